The van der Waals surface area contributed by atoms with E-state index in [1.54, 1.807) is 6.92 Å². The van der Waals surface area contributed by atoms with Crippen molar-refractivity contribution in [2.45, 2.75) is 32.7 Å². The summed E-state index contributed by atoms with van der Waals surface area (Å²) >= 11 is 0. The summed E-state index contributed by atoms with van der Waals surface area (Å²) in [7, 11) is 0. The molecule has 0 aromatic heterocycles. The highest BCUT2D eigenvalue weighted by molar-refractivity contribution is 5.79. The zero-order valence-corrected chi connectivity index (χ0v) is 10.0. The summed E-state index contributed by atoms with van der Waals surface area (Å²) in [5.74, 6) is -0.561. The molecule has 0 spiro atoms. The lowest BCUT2D eigenvalue weighted by atomic mass is 10.0. The first-order chi connectivity index (χ1) is 8.21. The van der Waals surface area contributed by atoms with Crippen LogP contribution in [-0.2, 0) is 17.5 Å². The van der Waals surface area contributed by atoms with Crippen molar-refractivity contribution in [2.75, 3.05) is 0 Å². The van der Waals surface area contributed by atoms with E-state index in [2.05, 4.69) is 5.32 Å². The van der Waals surface area contributed by atoms with Crippen molar-refractivity contribution in [3.8, 4) is 0 Å². The molecule has 0 unspecified atom stereocenters. The van der Waals surface area contributed by atoms with Crippen molar-refractivity contribution in [3.05, 3.63) is 34.9 Å². The number of aryl methyl sites for hydroxylation is 1. The second-order valence-electron chi connectivity index (χ2n) is 4.03. The van der Waals surface area contributed by atoms with Crippen LogP contribution in [-0.4, -0.2) is 17.1 Å². The predicted octanol–water partition coefficient (Wildman–Crippen LogP) is 2.01. The maximum absolute atomic E-state index is 12.4. The van der Waals surface area contributed by atoms with Crippen LogP contribution in [0.1, 0.15) is 23.6 Å². The molecule has 1 rings (SSSR count). The first-order valence-corrected chi connectivity index (χ1v) is 5.34. The third-order valence-corrected chi connectivity index (χ3v) is 2.50. The van der Waals surface area contributed by atoms with E-state index in [4.69, 9.17) is 5.11 Å². The molecule has 0 saturated heterocycles. The van der Waals surface area contributed by atoms with Gasteiger partial charge in [-0.15, -0.1) is 0 Å². The van der Waals surface area contributed by atoms with Gasteiger partial charge in [0.25, 0.3) is 0 Å². The van der Waals surface area contributed by atoms with Crippen molar-refractivity contribution < 1.29 is 23.1 Å². The minimum Gasteiger partial charge on any atom is -0.384 e. The zero-order chi connectivity index (χ0) is 13.9. The molecular formula is C12H14F3NO2. The second kappa shape index (κ2) is 5.39. The van der Waals surface area contributed by atoms with Crippen LogP contribution >= 0.6 is 0 Å². The van der Waals surface area contributed by atoms with E-state index in [0.29, 0.717) is 11.1 Å². The smallest absolute Gasteiger partial charge is 0.384 e. The number of amides is 1. The third kappa shape index (κ3) is 3.73. The summed E-state index contributed by atoms with van der Waals surface area (Å²) in [5.41, 5.74) is 0.304. The van der Waals surface area contributed by atoms with Crippen LogP contribution < -0.4 is 5.32 Å². The van der Waals surface area contributed by atoms with Crippen LogP contribution in [0.2, 0.25) is 0 Å². The van der Waals surface area contributed by atoms with Crippen LogP contribution in [0.25, 0.3) is 0 Å². The van der Waals surface area contributed by atoms with E-state index < -0.39 is 23.8 Å². The lowest BCUT2D eigenvalue weighted by Gasteiger charge is -2.12. The number of alkyl halides is 3. The lowest BCUT2D eigenvalue weighted by Crippen LogP contribution is -2.32. The topological polar surface area (TPSA) is 49.3 Å². The van der Waals surface area contributed by atoms with Gasteiger partial charge in [-0.3, -0.25) is 4.79 Å². The normalized spacial score (nSPS) is 13.2. The van der Waals surface area contributed by atoms with Crippen LogP contribution in [0.15, 0.2) is 18.2 Å². The number of nitrogens with one attached hydrogen (secondary N) is 1. The molecule has 0 bridgehead atoms. The molecule has 0 aliphatic rings. The van der Waals surface area contributed by atoms with Gasteiger partial charge < -0.3 is 10.4 Å². The summed E-state index contributed by atoms with van der Waals surface area (Å²) < 4.78 is 37.3. The van der Waals surface area contributed by atoms with Gasteiger partial charge in [-0.1, -0.05) is 6.07 Å². The Hall–Kier alpha value is -1.56. The van der Waals surface area contributed by atoms with Gasteiger partial charge in [0.05, 0.1) is 5.56 Å². The van der Waals surface area contributed by atoms with Gasteiger partial charge in [-0.25, -0.2) is 0 Å². The molecule has 0 heterocycles. The molecule has 1 aromatic carbocycles. The fraction of sp³-hybridized carbons (Fsp3) is 0.417. The van der Waals surface area contributed by atoms with Crippen LogP contribution in [0.4, 0.5) is 13.2 Å². The molecule has 0 radical (unpaired) electrons. The van der Waals surface area contributed by atoms with Crippen LogP contribution in [0.5, 0.6) is 0 Å². The highest BCUT2D eigenvalue weighted by Crippen LogP contribution is 2.30. The van der Waals surface area contributed by atoms with Gasteiger partial charge in [0.1, 0.15) is 6.10 Å². The number of rotatable bonds is 3. The number of hydrogen-bond acceptors (Lipinski definition) is 2. The van der Waals surface area contributed by atoms with Crippen LogP contribution in [0.3, 0.4) is 0 Å². The predicted molar refractivity (Wildman–Crippen MR) is 59.7 cm³/mol. The number of carbonyl (C=O) groups is 1. The summed E-state index contributed by atoms with van der Waals surface area (Å²) in [4.78, 5) is 11.1. The molecule has 1 amide bonds. The first kappa shape index (κ1) is 14.5. The molecule has 6 heteroatoms. The Kier molecular flexibility index (Phi) is 4.34. The Bertz CT molecular complexity index is 441. The molecule has 1 atom stereocenters. The number of carbonyl (C=O) groups excluding carboxylic acids is 1. The van der Waals surface area contributed by atoms with Gasteiger partial charge in [0, 0.05) is 6.54 Å². The Morgan fingerprint density at radius 3 is 2.50 bits per heavy atom. The minimum atomic E-state index is -4.37. The molecule has 0 aliphatic carbocycles. The zero-order valence-electron chi connectivity index (χ0n) is 10.0. The summed E-state index contributed by atoms with van der Waals surface area (Å²) in [6.07, 6.45) is -5.51. The van der Waals surface area contributed by atoms with Gasteiger partial charge in [0.2, 0.25) is 5.91 Å². The Balaban J connectivity index is 2.78. The van der Waals surface area contributed by atoms with Crippen molar-refractivity contribution in [3.63, 3.8) is 0 Å². The SMILES string of the molecule is Cc1cc(C(F)(F)F)ccc1CNC(=O)[C@H](C)O. The largest absolute Gasteiger partial charge is 0.416 e. The molecule has 0 fully saturated rings. The third-order valence-electron chi connectivity index (χ3n) is 2.50. The molecule has 0 saturated carbocycles. The first-order valence-electron chi connectivity index (χ1n) is 5.34. The van der Waals surface area contributed by atoms with Crippen LogP contribution in [0, 0.1) is 6.92 Å². The monoisotopic (exact) mass is 261 g/mol. The van der Waals surface area contributed by atoms with Gasteiger partial charge in [-0.2, -0.15) is 13.2 Å². The number of benzene rings is 1. The molecular weight excluding hydrogens is 247 g/mol. The van der Waals surface area contributed by atoms with Crippen molar-refractivity contribution in [1.82, 2.24) is 5.32 Å². The molecule has 18 heavy (non-hydrogen) atoms. The van der Waals surface area contributed by atoms with E-state index in [-0.39, 0.29) is 6.54 Å². The molecule has 100 valence electrons. The maximum Gasteiger partial charge on any atom is 0.416 e. The average Bonchev–Trinajstić information content (AvgIpc) is 2.25. The van der Waals surface area contributed by atoms with Gasteiger partial charge in [-0.05, 0) is 37.1 Å². The molecule has 1 aromatic rings. The lowest BCUT2D eigenvalue weighted by molar-refractivity contribution is -0.137. The van der Waals surface area contributed by atoms with Crippen molar-refractivity contribution in [1.29, 1.82) is 0 Å². The highest BCUT2D eigenvalue weighted by atomic mass is 19.4. The molecule has 0 aliphatic heterocycles. The number of halogens is 3. The Morgan fingerprint density at radius 2 is 2.06 bits per heavy atom. The van der Waals surface area contributed by atoms with Crippen molar-refractivity contribution >= 4 is 5.91 Å². The minimum absolute atomic E-state index is 0.0910. The Labute approximate surface area is 103 Å². The average molecular weight is 261 g/mol. The Morgan fingerprint density at radius 1 is 1.44 bits per heavy atom. The molecule has 2 N–H and O–H groups in total. The fourth-order valence-corrected chi connectivity index (χ4v) is 1.40. The van der Waals surface area contributed by atoms with E-state index >= 15 is 0 Å². The number of aliphatic hydroxyl groups is 1. The molecule has 3 nitrogen and oxygen atoms in total. The standard InChI is InChI=1S/C12H14F3NO2/c1-7-5-10(12(13,14)15)4-3-9(7)6-16-11(18)8(2)17/h3-5,8,17H,6H2,1-2H3,(H,16,18)/t8-/m0/s1. The summed E-state index contributed by atoms with van der Waals surface area (Å²) in [6, 6.07) is 3.32. The quantitative estimate of drug-likeness (QED) is 0.874. The summed E-state index contributed by atoms with van der Waals surface area (Å²) in [6.45, 7) is 2.95. The second-order valence-corrected chi connectivity index (χ2v) is 4.03. The number of hydrogen-bond donors (Lipinski definition) is 2. The maximum atomic E-state index is 12.4. The summed E-state index contributed by atoms with van der Waals surface area (Å²) in [5, 5.41) is 11.4. The van der Waals surface area contributed by atoms with E-state index in [9.17, 15) is 18.0 Å². The van der Waals surface area contributed by atoms with Crippen molar-refractivity contribution in [2.24, 2.45) is 0 Å². The van der Waals surface area contributed by atoms with Gasteiger partial charge >= 0.3 is 6.18 Å². The number of aliphatic hydroxyl groups excluding tert-OH is 1. The van der Waals surface area contributed by atoms with E-state index in [1.807, 2.05) is 0 Å². The van der Waals surface area contributed by atoms with E-state index in [0.717, 1.165) is 12.1 Å². The van der Waals surface area contributed by atoms with E-state index in [1.165, 1.54) is 13.0 Å². The fourth-order valence-electron chi connectivity index (χ4n) is 1.40. The van der Waals surface area contributed by atoms with Gasteiger partial charge in [0.15, 0.2) is 0 Å². The highest BCUT2D eigenvalue weighted by Gasteiger charge is 2.30.